The monoisotopic (exact) mass is 251 g/mol. The van der Waals surface area contributed by atoms with Crippen LogP contribution in [0.4, 0.5) is 0 Å². The molecule has 1 saturated heterocycles. The average Bonchev–Trinajstić information content (AvgIpc) is 2.16. The molecule has 87 valence electrons. The van der Waals surface area contributed by atoms with Crippen LogP contribution < -0.4 is 4.72 Å². The van der Waals surface area contributed by atoms with Gasteiger partial charge in [-0.25, -0.2) is 13.1 Å². The van der Waals surface area contributed by atoms with Crippen molar-refractivity contribution in [2.45, 2.75) is 6.04 Å². The highest BCUT2D eigenvalue weighted by atomic mass is 32.2. The van der Waals surface area contributed by atoms with Crippen molar-refractivity contribution in [1.29, 1.82) is 0 Å². The van der Waals surface area contributed by atoms with E-state index in [2.05, 4.69) is 27.2 Å². The molecule has 1 atom stereocenters. The standard InChI is InChI=1S/C8H15N2O3S2/c1-15(11,12)9-8(7-14)6-10-2-4-13-5-3-10/h8-9H,2-6H2,1H3. The van der Waals surface area contributed by atoms with Crippen molar-refractivity contribution in [2.75, 3.05) is 39.1 Å². The van der Waals surface area contributed by atoms with E-state index in [4.69, 9.17) is 4.74 Å². The van der Waals surface area contributed by atoms with Gasteiger partial charge in [0.05, 0.1) is 30.9 Å². The molecule has 7 heteroatoms. The lowest BCUT2D eigenvalue weighted by Gasteiger charge is -2.28. The summed E-state index contributed by atoms with van der Waals surface area (Å²) in [7, 11) is -3.22. The summed E-state index contributed by atoms with van der Waals surface area (Å²) in [4.78, 5) is 2.10. The van der Waals surface area contributed by atoms with Gasteiger partial charge in [-0.1, -0.05) is 12.2 Å². The zero-order valence-corrected chi connectivity index (χ0v) is 10.2. The molecular weight excluding hydrogens is 236 g/mol. The van der Waals surface area contributed by atoms with Crippen LogP contribution in [0.1, 0.15) is 0 Å². The van der Waals surface area contributed by atoms with Crippen molar-refractivity contribution < 1.29 is 13.2 Å². The Morgan fingerprint density at radius 2 is 2.13 bits per heavy atom. The summed E-state index contributed by atoms with van der Waals surface area (Å²) in [5, 5.41) is 2.52. The summed E-state index contributed by atoms with van der Waals surface area (Å²) >= 11 is 4.68. The normalized spacial score (nSPS) is 21.1. The largest absolute Gasteiger partial charge is 0.379 e. The zero-order valence-electron chi connectivity index (χ0n) is 8.60. The third kappa shape index (κ3) is 5.53. The van der Waals surface area contributed by atoms with Crippen LogP contribution >= 0.6 is 12.2 Å². The van der Waals surface area contributed by atoms with Crippen LogP contribution in [0.25, 0.3) is 0 Å². The van der Waals surface area contributed by atoms with Crippen molar-refractivity contribution in [2.24, 2.45) is 0 Å². The van der Waals surface area contributed by atoms with Crippen LogP contribution in [0, 0.1) is 0 Å². The summed E-state index contributed by atoms with van der Waals surface area (Å²) < 4.78 is 29.6. The molecule has 1 aliphatic heterocycles. The number of hydrogen-bond acceptors (Lipinski definition) is 5. The number of nitrogens with zero attached hydrogens (tertiary/aromatic N) is 1. The molecule has 0 bridgehead atoms. The van der Waals surface area contributed by atoms with Crippen molar-refractivity contribution in [3.63, 3.8) is 0 Å². The fourth-order valence-electron chi connectivity index (χ4n) is 1.40. The molecule has 0 aromatic heterocycles. The number of rotatable bonds is 5. The quantitative estimate of drug-likeness (QED) is 0.643. The molecule has 1 fully saturated rings. The maximum absolute atomic E-state index is 11.0. The first-order valence-corrected chi connectivity index (χ1v) is 6.96. The Kier molecular flexibility index (Phi) is 5.07. The van der Waals surface area contributed by atoms with Gasteiger partial charge in [0.15, 0.2) is 0 Å². The van der Waals surface area contributed by atoms with Gasteiger partial charge >= 0.3 is 0 Å². The molecule has 0 aromatic rings. The van der Waals surface area contributed by atoms with Gasteiger partial charge in [-0.3, -0.25) is 4.90 Å². The Morgan fingerprint density at radius 1 is 1.53 bits per heavy atom. The highest BCUT2D eigenvalue weighted by Crippen LogP contribution is 1.98. The van der Waals surface area contributed by atoms with Crippen molar-refractivity contribution >= 4 is 27.6 Å². The summed E-state index contributed by atoms with van der Waals surface area (Å²) in [5.74, 6) is 0. The second kappa shape index (κ2) is 5.86. The first-order valence-electron chi connectivity index (χ1n) is 4.66. The number of ether oxygens (including phenoxy) is 1. The van der Waals surface area contributed by atoms with Crippen LogP contribution in [0.15, 0.2) is 0 Å². The SMILES string of the molecule is CS(=O)(=O)NC([C]=S)CN1CCOCC1. The number of morpholine rings is 1. The van der Waals surface area contributed by atoms with Gasteiger partial charge in [0, 0.05) is 19.6 Å². The van der Waals surface area contributed by atoms with E-state index in [9.17, 15) is 8.42 Å². The smallest absolute Gasteiger partial charge is 0.209 e. The van der Waals surface area contributed by atoms with Crippen molar-refractivity contribution in [3.8, 4) is 0 Å². The van der Waals surface area contributed by atoms with E-state index in [-0.39, 0.29) is 0 Å². The molecule has 1 N–H and O–H groups in total. The second-order valence-electron chi connectivity index (χ2n) is 3.47. The third-order valence-electron chi connectivity index (χ3n) is 2.04. The molecule has 1 radical (unpaired) electrons. The number of sulfonamides is 1. The van der Waals surface area contributed by atoms with Gasteiger partial charge in [0.25, 0.3) is 0 Å². The third-order valence-corrected chi connectivity index (χ3v) is 3.04. The maximum atomic E-state index is 11.0. The van der Waals surface area contributed by atoms with E-state index in [1.165, 1.54) is 0 Å². The van der Waals surface area contributed by atoms with Crippen molar-refractivity contribution in [1.82, 2.24) is 9.62 Å². The second-order valence-corrected chi connectivity index (χ2v) is 5.49. The Bertz CT molecular complexity index is 299. The molecule has 0 saturated carbocycles. The molecule has 0 spiro atoms. The van der Waals surface area contributed by atoms with Gasteiger partial charge in [-0.2, -0.15) is 0 Å². The highest BCUT2D eigenvalue weighted by Gasteiger charge is 2.17. The predicted octanol–water partition coefficient (Wildman–Crippen LogP) is -0.887. The summed E-state index contributed by atoms with van der Waals surface area (Å²) in [6, 6.07) is -0.423. The molecule has 0 amide bonds. The van der Waals surface area contributed by atoms with E-state index < -0.39 is 16.1 Å². The average molecular weight is 251 g/mol. The van der Waals surface area contributed by atoms with Gasteiger partial charge in [0.2, 0.25) is 10.0 Å². The number of hydrogen-bond donors (Lipinski definition) is 1. The summed E-state index contributed by atoms with van der Waals surface area (Å²) in [6.45, 7) is 3.53. The van der Waals surface area contributed by atoms with E-state index in [1.54, 1.807) is 0 Å². The summed E-state index contributed by atoms with van der Waals surface area (Å²) in [5.41, 5.74) is 0. The minimum atomic E-state index is -3.22. The molecule has 1 rings (SSSR count). The molecule has 1 heterocycles. The van der Waals surface area contributed by atoms with Crippen LogP contribution in [0.2, 0.25) is 0 Å². The topological polar surface area (TPSA) is 58.6 Å². The lowest BCUT2D eigenvalue weighted by atomic mass is 10.3. The fraction of sp³-hybridized carbons (Fsp3) is 0.875. The first kappa shape index (κ1) is 13.0. The highest BCUT2D eigenvalue weighted by molar-refractivity contribution is 7.88. The maximum Gasteiger partial charge on any atom is 0.209 e. The minimum Gasteiger partial charge on any atom is -0.379 e. The predicted molar refractivity (Wildman–Crippen MR) is 61.6 cm³/mol. The number of nitrogens with one attached hydrogen (secondary N) is 1. The lowest BCUT2D eigenvalue weighted by Crippen LogP contribution is -2.47. The molecule has 0 aliphatic carbocycles. The van der Waals surface area contributed by atoms with Crippen LogP contribution in [0.3, 0.4) is 0 Å². The Labute approximate surface area is 95.8 Å². The number of thiocarbonyl (C=S) groups is 1. The van der Waals surface area contributed by atoms with Gasteiger partial charge in [-0.15, -0.1) is 0 Å². The van der Waals surface area contributed by atoms with Crippen LogP contribution in [-0.4, -0.2) is 63.8 Å². The zero-order chi connectivity index (χ0) is 11.3. The van der Waals surface area contributed by atoms with Crippen LogP contribution in [-0.2, 0) is 14.8 Å². The van der Waals surface area contributed by atoms with Gasteiger partial charge in [-0.05, 0) is 0 Å². The fourth-order valence-corrected chi connectivity index (χ4v) is 2.26. The van der Waals surface area contributed by atoms with E-state index in [0.29, 0.717) is 19.8 Å². The van der Waals surface area contributed by atoms with Crippen molar-refractivity contribution in [3.05, 3.63) is 0 Å². The molecule has 1 unspecified atom stereocenters. The molecule has 15 heavy (non-hydrogen) atoms. The van der Waals surface area contributed by atoms with Crippen LogP contribution in [0.5, 0.6) is 0 Å². The van der Waals surface area contributed by atoms with Gasteiger partial charge < -0.3 is 4.74 Å². The van der Waals surface area contributed by atoms with E-state index in [0.717, 1.165) is 19.3 Å². The minimum absolute atomic E-state index is 0.423. The summed E-state index contributed by atoms with van der Waals surface area (Å²) in [6.07, 6.45) is 1.12. The molecule has 0 aromatic carbocycles. The van der Waals surface area contributed by atoms with Gasteiger partial charge in [0.1, 0.15) is 0 Å². The first-order chi connectivity index (χ1) is 7.01. The molecule has 1 aliphatic rings. The molecular formula is C8H15N2O3S2. The Morgan fingerprint density at radius 3 is 2.60 bits per heavy atom. The Balaban J connectivity index is 2.42. The molecule has 5 nitrogen and oxygen atoms in total. The van der Waals surface area contributed by atoms with E-state index in [1.807, 2.05) is 0 Å². The van der Waals surface area contributed by atoms with E-state index >= 15 is 0 Å². The Hall–Kier alpha value is -0.0800. The lowest BCUT2D eigenvalue weighted by molar-refractivity contribution is 0.0373.